The van der Waals surface area contributed by atoms with Gasteiger partial charge in [0.1, 0.15) is 5.82 Å². The molecule has 1 fully saturated rings. The van der Waals surface area contributed by atoms with E-state index in [4.69, 9.17) is 17.3 Å². The average Bonchev–Trinajstić information content (AvgIpc) is 2.81. The Morgan fingerprint density at radius 3 is 2.68 bits per heavy atom. The van der Waals surface area contributed by atoms with E-state index in [-0.39, 0.29) is 28.2 Å². The van der Waals surface area contributed by atoms with Crippen molar-refractivity contribution in [3.05, 3.63) is 29.0 Å². The van der Waals surface area contributed by atoms with E-state index in [1.54, 1.807) is 0 Å². The van der Waals surface area contributed by atoms with Gasteiger partial charge >= 0.3 is 0 Å². The van der Waals surface area contributed by atoms with Gasteiger partial charge in [0, 0.05) is 13.1 Å². The second kappa shape index (κ2) is 6.37. The number of benzene rings is 1. The van der Waals surface area contributed by atoms with E-state index in [1.165, 1.54) is 10.4 Å². The Kier molecular flexibility index (Phi) is 5.58. The van der Waals surface area contributed by atoms with Gasteiger partial charge in [0.15, 0.2) is 0 Å². The Bertz CT molecular complexity index is 554. The van der Waals surface area contributed by atoms with Crippen molar-refractivity contribution in [3.8, 4) is 0 Å². The van der Waals surface area contributed by atoms with Crippen LogP contribution in [0.3, 0.4) is 0 Å². The molecular formula is C11H15Cl2FN2O2S. The lowest BCUT2D eigenvalue weighted by molar-refractivity contribution is 0.459. The van der Waals surface area contributed by atoms with Crippen molar-refractivity contribution < 1.29 is 12.8 Å². The molecule has 108 valence electrons. The Labute approximate surface area is 123 Å². The Hall–Kier alpha value is -0.400. The SMILES string of the molecule is Cl.NCC1CCN(S(=O)(=O)c2ccc(F)c(Cl)c2)C1. The molecule has 0 saturated carbocycles. The highest BCUT2D eigenvalue weighted by molar-refractivity contribution is 7.89. The molecular weight excluding hydrogens is 314 g/mol. The summed E-state index contributed by atoms with van der Waals surface area (Å²) in [6, 6.07) is 3.43. The van der Waals surface area contributed by atoms with E-state index in [0.29, 0.717) is 19.6 Å². The largest absolute Gasteiger partial charge is 0.330 e. The van der Waals surface area contributed by atoms with Crippen LogP contribution in [0.5, 0.6) is 0 Å². The first-order valence-electron chi connectivity index (χ1n) is 5.60. The summed E-state index contributed by atoms with van der Waals surface area (Å²) in [5.41, 5.74) is 5.53. The standard InChI is InChI=1S/C11H14ClFN2O2S.ClH/c12-10-5-9(1-2-11(10)13)18(16,17)15-4-3-8(6-14)7-15;/h1-2,5,8H,3-4,6-7,14H2;1H. The van der Waals surface area contributed by atoms with Gasteiger partial charge in [0.25, 0.3) is 0 Å². The van der Waals surface area contributed by atoms with E-state index < -0.39 is 15.8 Å². The number of hydrogen-bond acceptors (Lipinski definition) is 3. The highest BCUT2D eigenvalue weighted by Gasteiger charge is 2.32. The van der Waals surface area contributed by atoms with Crippen molar-refractivity contribution in [2.24, 2.45) is 11.7 Å². The van der Waals surface area contributed by atoms with Crippen molar-refractivity contribution in [2.45, 2.75) is 11.3 Å². The van der Waals surface area contributed by atoms with Crippen molar-refractivity contribution in [1.29, 1.82) is 0 Å². The lowest BCUT2D eigenvalue weighted by atomic mass is 10.1. The number of nitrogens with zero attached hydrogens (tertiary/aromatic N) is 1. The van der Waals surface area contributed by atoms with Gasteiger partial charge in [-0.25, -0.2) is 12.8 Å². The number of rotatable bonds is 3. The molecule has 1 aliphatic heterocycles. The molecule has 1 aromatic rings. The summed E-state index contributed by atoms with van der Waals surface area (Å²) in [5.74, 6) is -0.437. The van der Waals surface area contributed by atoms with Crippen molar-refractivity contribution >= 4 is 34.0 Å². The summed E-state index contributed by atoms with van der Waals surface area (Å²) in [4.78, 5) is 0.0200. The summed E-state index contributed by atoms with van der Waals surface area (Å²) in [6.45, 7) is 1.32. The molecule has 1 atom stereocenters. The number of nitrogens with two attached hydrogens (primary N) is 1. The molecule has 1 heterocycles. The molecule has 2 rings (SSSR count). The molecule has 0 amide bonds. The Morgan fingerprint density at radius 1 is 1.47 bits per heavy atom. The average molecular weight is 329 g/mol. The van der Waals surface area contributed by atoms with Crippen LogP contribution in [-0.4, -0.2) is 32.4 Å². The van der Waals surface area contributed by atoms with Gasteiger partial charge < -0.3 is 5.73 Å². The van der Waals surface area contributed by atoms with Gasteiger partial charge in [-0.3, -0.25) is 0 Å². The predicted molar refractivity (Wildman–Crippen MR) is 74.6 cm³/mol. The fourth-order valence-corrected chi connectivity index (χ4v) is 3.80. The van der Waals surface area contributed by atoms with Crippen LogP contribution < -0.4 is 5.73 Å². The summed E-state index contributed by atoms with van der Waals surface area (Å²) >= 11 is 5.60. The van der Waals surface area contributed by atoms with Gasteiger partial charge in [-0.05, 0) is 37.1 Å². The first kappa shape index (κ1) is 16.7. The minimum Gasteiger partial charge on any atom is -0.330 e. The summed E-state index contributed by atoms with van der Waals surface area (Å²) in [5, 5.41) is -0.189. The molecule has 0 aliphatic carbocycles. The van der Waals surface area contributed by atoms with Gasteiger partial charge in [-0.15, -0.1) is 12.4 Å². The first-order valence-corrected chi connectivity index (χ1v) is 7.42. The van der Waals surface area contributed by atoms with Crippen LogP contribution in [0.1, 0.15) is 6.42 Å². The van der Waals surface area contributed by atoms with Crippen molar-refractivity contribution in [3.63, 3.8) is 0 Å². The quantitative estimate of drug-likeness (QED) is 0.921. The van der Waals surface area contributed by atoms with Gasteiger partial charge in [-0.1, -0.05) is 11.6 Å². The second-order valence-corrected chi connectivity index (χ2v) is 6.67. The molecule has 0 aromatic heterocycles. The lowest BCUT2D eigenvalue weighted by Crippen LogP contribution is -2.30. The van der Waals surface area contributed by atoms with Crippen molar-refractivity contribution in [2.75, 3.05) is 19.6 Å². The van der Waals surface area contributed by atoms with Crippen LogP contribution in [-0.2, 0) is 10.0 Å². The predicted octanol–water partition coefficient (Wildman–Crippen LogP) is 1.87. The molecule has 0 spiro atoms. The van der Waals surface area contributed by atoms with Gasteiger partial charge in [0.2, 0.25) is 10.0 Å². The van der Waals surface area contributed by atoms with E-state index in [1.807, 2.05) is 0 Å². The molecule has 19 heavy (non-hydrogen) atoms. The monoisotopic (exact) mass is 328 g/mol. The maximum Gasteiger partial charge on any atom is 0.243 e. The third kappa shape index (κ3) is 3.38. The first-order chi connectivity index (χ1) is 8.45. The van der Waals surface area contributed by atoms with Crippen LogP contribution in [0.25, 0.3) is 0 Å². The molecule has 0 bridgehead atoms. The molecule has 1 unspecified atom stereocenters. The highest BCUT2D eigenvalue weighted by Crippen LogP contribution is 2.26. The highest BCUT2D eigenvalue weighted by atomic mass is 35.5. The van der Waals surface area contributed by atoms with E-state index in [0.717, 1.165) is 18.6 Å². The zero-order valence-corrected chi connectivity index (χ0v) is 12.4. The Balaban J connectivity index is 0.00000180. The summed E-state index contributed by atoms with van der Waals surface area (Å²) in [6.07, 6.45) is 0.755. The lowest BCUT2D eigenvalue weighted by Gasteiger charge is -2.16. The molecule has 0 radical (unpaired) electrons. The summed E-state index contributed by atoms with van der Waals surface area (Å²) < 4.78 is 38.9. The van der Waals surface area contributed by atoms with E-state index >= 15 is 0 Å². The number of hydrogen-bond donors (Lipinski definition) is 1. The molecule has 4 nitrogen and oxygen atoms in total. The molecule has 8 heteroatoms. The van der Waals surface area contributed by atoms with Gasteiger partial charge in [-0.2, -0.15) is 4.31 Å². The topological polar surface area (TPSA) is 63.4 Å². The Morgan fingerprint density at radius 2 is 2.16 bits per heavy atom. The third-order valence-electron chi connectivity index (χ3n) is 3.11. The third-order valence-corrected chi connectivity index (χ3v) is 5.26. The van der Waals surface area contributed by atoms with Crippen molar-refractivity contribution in [1.82, 2.24) is 4.31 Å². The smallest absolute Gasteiger partial charge is 0.243 e. The molecule has 1 aliphatic rings. The molecule has 1 aromatic carbocycles. The van der Waals surface area contributed by atoms with E-state index in [2.05, 4.69) is 0 Å². The number of sulfonamides is 1. The minimum absolute atomic E-state index is 0. The minimum atomic E-state index is -3.59. The van der Waals surface area contributed by atoms with Gasteiger partial charge in [0.05, 0.1) is 9.92 Å². The molecule has 1 saturated heterocycles. The fraction of sp³-hybridized carbons (Fsp3) is 0.455. The van der Waals surface area contributed by atoms with Crippen LogP contribution in [0.4, 0.5) is 4.39 Å². The maximum atomic E-state index is 13.0. The maximum absolute atomic E-state index is 13.0. The zero-order valence-electron chi connectivity index (χ0n) is 10.1. The fourth-order valence-electron chi connectivity index (χ4n) is 1.99. The second-order valence-electron chi connectivity index (χ2n) is 4.33. The normalized spacial score (nSPS) is 20.3. The van der Waals surface area contributed by atoms with E-state index in [9.17, 15) is 12.8 Å². The summed E-state index contributed by atoms with van der Waals surface area (Å²) in [7, 11) is -3.59. The van der Waals surface area contributed by atoms with Crippen LogP contribution >= 0.6 is 24.0 Å². The number of halogens is 3. The zero-order chi connectivity index (χ0) is 13.3. The van der Waals surface area contributed by atoms with Crippen LogP contribution in [0.15, 0.2) is 23.1 Å². The van der Waals surface area contributed by atoms with Crippen LogP contribution in [0, 0.1) is 11.7 Å². The van der Waals surface area contributed by atoms with Crippen LogP contribution in [0.2, 0.25) is 5.02 Å². The molecule has 2 N–H and O–H groups in total.